The van der Waals surface area contributed by atoms with Gasteiger partial charge in [0.05, 0.1) is 6.54 Å². The van der Waals surface area contributed by atoms with Crippen molar-refractivity contribution in [2.45, 2.75) is 25.8 Å². The summed E-state index contributed by atoms with van der Waals surface area (Å²) in [5, 5.41) is 5.26. The van der Waals surface area contributed by atoms with Gasteiger partial charge < -0.3 is 16.0 Å². The quantitative estimate of drug-likeness (QED) is 0.898. The number of piperidine rings is 1. The first kappa shape index (κ1) is 13.1. The molecular formula is C13H18N6S. The second-order valence-electron chi connectivity index (χ2n) is 4.80. The molecule has 1 aliphatic heterocycles. The van der Waals surface area contributed by atoms with Crippen molar-refractivity contribution in [3.8, 4) is 0 Å². The fourth-order valence-corrected chi connectivity index (χ4v) is 2.92. The van der Waals surface area contributed by atoms with Crippen LogP contribution in [0.1, 0.15) is 24.1 Å². The molecule has 1 saturated heterocycles. The van der Waals surface area contributed by atoms with Gasteiger partial charge in [-0.2, -0.15) is 15.0 Å². The second-order valence-corrected chi connectivity index (χ2v) is 5.83. The summed E-state index contributed by atoms with van der Waals surface area (Å²) in [6.07, 6.45) is 3.65. The summed E-state index contributed by atoms with van der Waals surface area (Å²) in [5.74, 6) is 1.51. The molecule has 0 bridgehead atoms. The Kier molecular flexibility index (Phi) is 3.96. The summed E-state index contributed by atoms with van der Waals surface area (Å²) in [6, 6.07) is 4.11. The van der Waals surface area contributed by atoms with Gasteiger partial charge in [-0.25, -0.2) is 0 Å². The van der Waals surface area contributed by atoms with Gasteiger partial charge in [0, 0.05) is 18.0 Å². The normalized spacial score (nSPS) is 15.3. The van der Waals surface area contributed by atoms with Crippen molar-refractivity contribution >= 4 is 29.2 Å². The van der Waals surface area contributed by atoms with Crippen molar-refractivity contribution in [2.75, 3.05) is 29.0 Å². The van der Waals surface area contributed by atoms with E-state index in [2.05, 4.69) is 36.6 Å². The van der Waals surface area contributed by atoms with Crippen LogP contribution in [0.15, 0.2) is 17.5 Å². The Balaban J connectivity index is 1.72. The molecule has 6 nitrogen and oxygen atoms in total. The van der Waals surface area contributed by atoms with E-state index in [-0.39, 0.29) is 5.95 Å². The average Bonchev–Trinajstić information content (AvgIpc) is 2.99. The monoisotopic (exact) mass is 290 g/mol. The van der Waals surface area contributed by atoms with E-state index >= 15 is 0 Å². The number of nitrogens with one attached hydrogen (secondary N) is 1. The molecule has 0 amide bonds. The van der Waals surface area contributed by atoms with Crippen molar-refractivity contribution in [1.82, 2.24) is 15.0 Å². The minimum atomic E-state index is 0.272. The van der Waals surface area contributed by atoms with Crippen LogP contribution in [-0.2, 0) is 6.54 Å². The Morgan fingerprint density at radius 1 is 1.20 bits per heavy atom. The maximum absolute atomic E-state index is 5.79. The zero-order valence-corrected chi connectivity index (χ0v) is 12.1. The number of thiophene rings is 1. The lowest BCUT2D eigenvalue weighted by atomic mass is 10.1. The van der Waals surface area contributed by atoms with E-state index < -0.39 is 0 Å². The lowest BCUT2D eigenvalue weighted by molar-refractivity contribution is 0.568. The van der Waals surface area contributed by atoms with E-state index in [0.29, 0.717) is 18.4 Å². The van der Waals surface area contributed by atoms with Crippen molar-refractivity contribution in [2.24, 2.45) is 0 Å². The van der Waals surface area contributed by atoms with E-state index in [0.717, 1.165) is 13.1 Å². The highest BCUT2D eigenvalue weighted by Crippen LogP contribution is 2.18. The van der Waals surface area contributed by atoms with Gasteiger partial charge in [-0.05, 0) is 30.7 Å². The molecule has 0 atom stereocenters. The number of rotatable bonds is 4. The van der Waals surface area contributed by atoms with Crippen molar-refractivity contribution in [3.63, 3.8) is 0 Å². The van der Waals surface area contributed by atoms with Crippen LogP contribution in [0, 0.1) is 0 Å². The summed E-state index contributed by atoms with van der Waals surface area (Å²) >= 11 is 1.70. The predicted octanol–water partition coefficient (Wildman–Crippen LogP) is 2.12. The van der Waals surface area contributed by atoms with E-state index in [1.807, 2.05) is 6.07 Å². The highest BCUT2D eigenvalue weighted by atomic mass is 32.1. The van der Waals surface area contributed by atoms with E-state index in [9.17, 15) is 0 Å². The zero-order chi connectivity index (χ0) is 13.8. The van der Waals surface area contributed by atoms with Crippen LogP contribution in [0.2, 0.25) is 0 Å². The number of nitrogen functional groups attached to an aromatic ring is 1. The Hall–Kier alpha value is -1.89. The topological polar surface area (TPSA) is 80.0 Å². The zero-order valence-electron chi connectivity index (χ0n) is 11.2. The maximum Gasteiger partial charge on any atom is 0.231 e. The molecule has 0 aromatic carbocycles. The maximum atomic E-state index is 5.79. The molecule has 3 N–H and O–H groups in total. The Morgan fingerprint density at radius 2 is 2.05 bits per heavy atom. The number of nitrogens with zero attached hydrogens (tertiary/aromatic N) is 4. The number of hydrogen-bond acceptors (Lipinski definition) is 7. The van der Waals surface area contributed by atoms with E-state index in [4.69, 9.17) is 5.73 Å². The Labute approximate surface area is 122 Å². The molecule has 0 spiro atoms. The first-order valence-electron chi connectivity index (χ1n) is 6.84. The number of hydrogen-bond donors (Lipinski definition) is 2. The molecule has 3 heterocycles. The van der Waals surface area contributed by atoms with E-state index in [1.165, 1.54) is 24.1 Å². The summed E-state index contributed by atoms with van der Waals surface area (Å²) in [7, 11) is 0. The fourth-order valence-electron chi connectivity index (χ4n) is 2.27. The van der Waals surface area contributed by atoms with Crippen molar-refractivity contribution in [1.29, 1.82) is 0 Å². The Morgan fingerprint density at radius 3 is 2.80 bits per heavy atom. The molecule has 2 aromatic rings. The minimum Gasteiger partial charge on any atom is -0.368 e. The summed E-state index contributed by atoms with van der Waals surface area (Å²) in [4.78, 5) is 16.3. The third-order valence-electron chi connectivity index (χ3n) is 3.28. The fraction of sp³-hybridized carbons (Fsp3) is 0.462. The summed E-state index contributed by atoms with van der Waals surface area (Å²) in [5.41, 5.74) is 5.79. The smallest absolute Gasteiger partial charge is 0.231 e. The van der Waals surface area contributed by atoms with Gasteiger partial charge >= 0.3 is 0 Å². The molecule has 0 unspecified atom stereocenters. The van der Waals surface area contributed by atoms with Gasteiger partial charge in [-0.1, -0.05) is 6.07 Å². The molecule has 0 saturated carbocycles. The van der Waals surface area contributed by atoms with Gasteiger partial charge in [-0.15, -0.1) is 11.3 Å². The number of nitrogens with two attached hydrogens (primary N) is 1. The number of anilines is 3. The van der Waals surface area contributed by atoms with Crippen LogP contribution in [-0.4, -0.2) is 28.0 Å². The molecule has 3 rings (SSSR count). The Bertz CT molecular complexity index is 550. The highest BCUT2D eigenvalue weighted by Gasteiger charge is 2.15. The molecule has 20 heavy (non-hydrogen) atoms. The third-order valence-corrected chi connectivity index (χ3v) is 4.16. The third kappa shape index (κ3) is 3.16. The molecule has 2 aromatic heterocycles. The second kappa shape index (κ2) is 6.04. The first-order valence-corrected chi connectivity index (χ1v) is 7.72. The number of aromatic nitrogens is 3. The molecule has 0 aliphatic carbocycles. The standard InChI is InChI=1S/C13H18N6S/c14-11-16-12(15-9-10-5-4-8-20-10)18-13(17-11)19-6-2-1-3-7-19/h4-5,8H,1-3,6-7,9H2,(H3,14,15,16,17,18). The van der Waals surface area contributed by atoms with Gasteiger partial charge in [0.25, 0.3) is 0 Å². The molecule has 7 heteroatoms. The van der Waals surface area contributed by atoms with Gasteiger partial charge in [0.1, 0.15) is 0 Å². The summed E-state index contributed by atoms with van der Waals surface area (Å²) in [6.45, 7) is 2.70. The van der Waals surface area contributed by atoms with Gasteiger partial charge in [0.15, 0.2) is 0 Å². The van der Waals surface area contributed by atoms with Crippen LogP contribution >= 0.6 is 11.3 Å². The summed E-state index contributed by atoms with van der Waals surface area (Å²) < 4.78 is 0. The molecule has 1 fully saturated rings. The lowest BCUT2D eigenvalue weighted by Gasteiger charge is -2.26. The van der Waals surface area contributed by atoms with Crippen LogP contribution in [0.5, 0.6) is 0 Å². The molecule has 1 aliphatic rings. The van der Waals surface area contributed by atoms with Crippen molar-refractivity contribution < 1.29 is 0 Å². The van der Waals surface area contributed by atoms with Gasteiger partial charge in [0.2, 0.25) is 17.8 Å². The molecule has 106 valence electrons. The van der Waals surface area contributed by atoms with Crippen LogP contribution in [0.4, 0.5) is 17.8 Å². The highest BCUT2D eigenvalue weighted by molar-refractivity contribution is 7.09. The average molecular weight is 290 g/mol. The van der Waals surface area contributed by atoms with Crippen LogP contribution in [0.3, 0.4) is 0 Å². The predicted molar refractivity (Wildman–Crippen MR) is 81.9 cm³/mol. The van der Waals surface area contributed by atoms with Crippen LogP contribution < -0.4 is 16.0 Å². The minimum absolute atomic E-state index is 0.272. The first-order chi connectivity index (χ1) is 9.81. The molecular weight excluding hydrogens is 272 g/mol. The molecule has 0 radical (unpaired) electrons. The van der Waals surface area contributed by atoms with Crippen molar-refractivity contribution in [3.05, 3.63) is 22.4 Å². The van der Waals surface area contributed by atoms with Gasteiger partial charge in [-0.3, -0.25) is 0 Å². The van der Waals surface area contributed by atoms with E-state index in [1.54, 1.807) is 11.3 Å². The lowest BCUT2D eigenvalue weighted by Crippen LogP contribution is -2.31. The SMILES string of the molecule is Nc1nc(NCc2cccs2)nc(N2CCCCC2)n1. The van der Waals surface area contributed by atoms with Crippen LogP contribution in [0.25, 0.3) is 0 Å². The largest absolute Gasteiger partial charge is 0.368 e.